The van der Waals surface area contributed by atoms with E-state index in [1.807, 2.05) is 13.8 Å². The number of hydrogen-bond donors (Lipinski definition) is 2. The van der Waals surface area contributed by atoms with Crippen LogP contribution < -0.4 is 5.32 Å². The fraction of sp³-hybridized carbons (Fsp3) is 0.909. The fourth-order valence-corrected chi connectivity index (χ4v) is 2.96. The summed E-state index contributed by atoms with van der Waals surface area (Å²) in [5.74, 6) is -0.903. The first-order chi connectivity index (χ1) is 7.86. The molecule has 1 aliphatic carbocycles. The Balaban J connectivity index is 1.89. The van der Waals surface area contributed by atoms with E-state index in [9.17, 15) is 9.90 Å². The molecule has 1 saturated carbocycles. The van der Waals surface area contributed by atoms with Gasteiger partial charge in [0.05, 0.1) is 12.6 Å². The molecule has 0 unspecified atom stereocenters. The van der Waals surface area contributed by atoms with Crippen LogP contribution in [0.3, 0.4) is 0 Å². The Labute approximate surface area is 99.2 Å². The summed E-state index contributed by atoms with van der Waals surface area (Å²) in [5.41, 5.74) is -0.751. The molecule has 3 rings (SSSR count). The number of carbonyl (C=O) groups excluding carboxylic acids is 1. The number of nitrogens with one attached hydrogen (secondary N) is 1. The molecule has 0 aromatic carbocycles. The molecule has 2 aliphatic heterocycles. The zero-order valence-corrected chi connectivity index (χ0v) is 10.1. The second-order valence-corrected chi connectivity index (χ2v) is 5.44. The molecule has 5 atom stereocenters. The summed E-state index contributed by atoms with van der Waals surface area (Å²) >= 11 is 0. The highest BCUT2D eigenvalue weighted by Crippen LogP contribution is 2.52. The molecule has 0 aromatic heterocycles. The van der Waals surface area contributed by atoms with E-state index in [4.69, 9.17) is 14.2 Å². The SMILES string of the molecule is CC(=O)N[C@@H]1[C@H](O)[C@@H]2O[C@@H]2[C@]12COC(C)(C)O2. The highest BCUT2D eigenvalue weighted by Gasteiger charge is 2.74. The lowest BCUT2D eigenvalue weighted by Crippen LogP contribution is -2.59. The highest BCUT2D eigenvalue weighted by molar-refractivity contribution is 5.73. The summed E-state index contributed by atoms with van der Waals surface area (Å²) in [5, 5.41) is 12.8. The molecule has 2 N–H and O–H groups in total. The molecule has 0 radical (unpaired) electrons. The zero-order valence-electron chi connectivity index (χ0n) is 10.1. The maximum absolute atomic E-state index is 11.2. The number of aliphatic hydroxyl groups excluding tert-OH is 1. The number of carbonyl (C=O) groups is 1. The van der Waals surface area contributed by atoms with Crippen LogP contribution in [0.4, 0.5) is 0 Å². The van der Waals surface area contributed by atoms with Crippen LogP contribution in [0, 0.1) is 0 Å². The van der Waals surface area contributed by atoms with E-state index in [1.165, 1.54) is 6.92 Å². The Morgan fingerprint density at radius 2 is 2.18 bits per heavy atom. The molecule has 6 heteroatoms. The molecular weight excluding hydrogens is 226 g/mol. The van der Waals surface area contributed by atoms with Crippen LogP contribution >= 0.6 is 0 Å². The van der Waals surface area contributed by atoms with E-state index >= 15 is 0 Å². The van der Waals surface area contributed by atoms with Crippen LogP contribution in [-0.2, 0) is 19.0 Å². The number of hydrogen-bond acceptors (Lipinski definition) is 5. The van der Waals surface area contributed by atoms with E-state index in [1.54, 1.807) is 0 Å². The predicted molar refractivity (Wildman–Crippen MR) is 56.1 cm³/mol. The van der Waals surface area contributed by atoms with Crippen molar-refractivity contribution >= 4 is 5.91 Å². The van der Waals surface area contributed by atoms with Crippen molar-refractivity contribution in [1.29, 1.82) is 0 Å². The smallest absolute Gasteiger partial charge is 0.217 e. The fourth-order valence-electron chi connectivity index (χ4n) is 2.96. The maximum Gasteiger partial charge on any atom is 0.217 e. The van der Waals surface area contributed by atoms with E-state index in [0.29, 0.717) is 6.61 Å². The van der Waals surface area contributed by atoms with Crippen molar-refractivity contribution in [2.75, 3.05) is 6.61 Å². The Bertz CT molecular complexity index is 371. The number of ether oxygens (including phenoxy) is 3. The van der Waals surface area contributed by atoms with E-state index in [-0.39, 0.29) is 18.1 Å². The van der Waals surface area contributed by atoms with Gasteiger partial charge in [-0.25, -0.2) is 0 Å². The topological polar surface area (TPSA) is 80.3 Å². The highest BCUT2D eigenvalue weighted by atomic mass is 16.8. The minimum Gasteiger partial charge on any atom is -0.388 e. The Kier molecular flexibility index (Phi) is 2.15. The first-order valence-corrected chi connectivity index (χ1v) is 5.80. The molecule has 96 valence electrons. The van der Waals surface area contributed by atoms with Gasteiger partial charge in [-0.2, -0.15) is 0 Å². The second-order valence-electron chi connectivity index (χ2n) is 5.44. The van der Waals surface area contributed by atoms with Gasteiger partial charge >= 0.3 is 0 Å². The third-order valence-corrected chi connectivity index (χ3v) is 3.65. The van der Waals surface area contributed by atoms with Crippen molar-refractivity contribution < 1.29 is 24.1 Å². The maximum atomic E-state index is 11.2. The van der Waals surface area contributed by atoms with Crippen molar-refractivity contribution in [2.45, 2.75) is 56.5 Å². The first kappa shape index (κ1) is 11.4. The third kappa shape index (κ3) is 1.52. The molecule has 6 nitrogen and oxygen atoms in total. The summed E-state index contributed by atoms with van der Waals surface area (Å²) in [6.45, 7) is 5.37. The molecule has 1 amide bonds. The number of amides is 1. The largest absolute Gasteiger partial charge is 0.388 e. The lowest BCUT2D eigenvalue weighted by Gasteiger charge is -2.34. The Morgan fingerprint density at radius 3 is 2.71 bits per heavy atom. The summed E-state index contributed by atoms with van der Waals surface area (Å²) in [4.78, 5) is 11.2. The molecule has 2 saturated heterocycles. The summed E-state index contributed by atoms with van der Waals surface area (Å²) in [6, 6.07) is -0.467. The van der Waals surface area contributed by atoms with Gasteiger partial charge < -0.3 is 24.6 Å². The van der Waals surface area contributed by atoms with Crippen LogP contribution in [0.5, 0.6) is 0 Å². The molecule has 1 spiro atoms. The minimum absolute atomic E-state index is 0.184. The van der Waals surface area contributed by atoms with Crippen molar-refractivity contribution in [3.63, 3.8) is 0 Å². The van der Waals surface area contributed by atoms with Crippen LogP contribution in [0.2, 0.25) is 0 Å². The molecule has 3 aliphatic rings. The van der Waals surface area contributed by atoms with Crippen LogP contribution in [0.1, 0.15) is 20.8 Å². The van der Waals surface area contributed by atoms with E-state index < -0.39 is 23.5 Å². The lowest BCUT2D eigenvalue weighted by atomic mass is 9.96. The molecule has 2 heterocycles. The van der Waals surface area contributed by atoms with E-state index in [2.05, 4.69) is 5.32 Å². The number of rotatable bonds is 1. The number of epoxide rings is 1. The Hall–Kier alpha value is -0.690. The van der Waals surface area contributed by atoms with Gasteiger partial charge in [0.1, 0.15) is 23.9 Å². The van der Waals surface area contributed by atoms with Gasteiger partial charge in [-0.3, -0.25) is 4.79 Å². The lowest BCUT2D eigenvalue weighted by molar-refractivity contribution is -0.178. The normalized spacial score (nSPS) is 50.4. The number of fused-ring (bicyclic) bond motifs is 2. The quantitative estimate of drug-likeness (QED) is 0.587. The minimum atomic E-state index is -0.751. The van der Waals surface area contributed by atoms with Crippen LogP contribution in [0.25, 0.3) is 0 Å². The van der Waals surface area contributed by atoms with Crippen molar-refractivity contribution in [3.8, 4) is 0 Å². The average Bonchev–Trinajstić information content (AvgIpc) is 2.90. The number of aliphatic hydroxyl groups is 1. The molecule has 0 aromatic rings. The predicted octanol–water partition coefficient (Wildman–Crippen LogP) is -0.845. The van der Waals surface area contributed by atoms with E-state index in [0.717, 1.165) is 0 Å². The van der Waals surface area contributed by atoms with Crippen LogP contribution in [0.15, 0.2) is 0 Å². The summed E-state index contributed by atoms with van der Waals surface area (Å²) in [6.07, 6.45) is -1.16. The van der Waals surface area contributed by atoms with Crippen molar-refractivity contribution in [3.05, 3.63) is 0 Å². The van der Waals surface area contributed by atoms with Gasteiger partial charge in [0.2, 0.25) is 5.91 Å². The first-order valence-electron chi connectivity index (χ1n) is 5.80. The van der Waals surface area contributed by atoms with Crippen LogP contribution in [-0.4, -0.2) is 53.4 Å². The van der Waals surface area contributed by atoms with Gasteiger partial charge in [0.15, 0.2) is 5.79 Å². The summed E-state index contributed by atoms with van der Waals surface area (Å²) in [7, 11) is 0. The Morgan fingerprint density at radius 1 is 1.47 bits per heavy atom. The molecular formula is C11H17NO5. The summed E-state index contributed by atoms with van der Waals surface area (Å²) < 4.78 is 16.9. The van der Waals surface area contributed by atoms with Gasteiger partial charge in [-0.1, -0.05) is 0 Å². The van der Waals surface area contributed by atoms with Gasteiger partial charge in [0.25, 0.3) is 0 Å². The third-order valence-electron chi connectivity index (χ3n) is 3.65. The monoisotopic (exact) mass is 243 g/mol. The van der Waals surface area contributed by atoms with Gasteiger partial charge in [0, 0.05) is 6.92 Å². The van der Waals surface area contributed by atoms with Gasteiger partial charge in [-0.05, 0) is 13.8 Å². The standard InChI is InChI=1S/C11H17NO5/c1-5(13)12-8-6(14)7-9(16-7)11(8)4-15-10(2,3)17-11/h6-9,14H,4H2,1-3H3,(H,12,13)/t6-,7+,8-,9+,11+/m1/s1. The van der Waals surface area contributed by atoms with Crippen molar-refractivity contribution in [1.82, 2.24) is 5.32 Å². The average molecular weight is 243 g/mol. The van der Waals surface area contributed by atoms with Crippen molar-refractivity contribution in [2.24, 2.45) is 0 Å². The zero-order chi connectivity index (χ0) is 12.4. The second kappa shape index (κ2) is 3.20. The molecule has 0 bridgehead atoms. The molecule has 3 fully saturated rings. The molecule has 17 heavy (non-hydrogen) atoms. The van der Waals surface area contributed by atoms with Gasteiger partial charge in [-0.15, -0.1) is 0 Å².